The van der Waals surface area contributed by atoms with E-state index >= 15 is 0 Å². The Morgan fingerprint density at radius 2 is 2.24 bits per heavy atom. The number of nitrogens with zero attached hydrogens (tertiary/aromatic N) is 2. The number of aromatic nitrogens is 1. The molecule has 3 nitrogen and oxygen atoms in total. The molecule has 2 rings (SSSR count). The average molecular weight is 230 g/mol. The first-order valence-electron chi connectivity index (χ1n) is 6.03. The molecule has 1 aromatic heterocycles. The summed E-state index contributed by atoms with van der Waals surface area (Å²) in [6, 6.07) is 4.29. The molecule has 0 fully saturated rings. The van der Waals surface area contributed by atoms with Crippen LogP contribution in [0.15, 0.2) is 18.3 Å². The Labute approximate surface area is 102 Å². The van der Waals surface area contributed by atoms with Gasteiger partial charge in [0.15, 0.2) is 0 Å². The van der Waals surface area contributed by atoms with E-state index < -0.39 is 0 Å². The molecule has 3 heteroatoms. The maximum Gasteiger partial charge on any atom is 0.299 e. The zero-order valence-corrected chi connectivity index (χ0v) is 10.6. The number of hydrogen-bond donors (Lipinski definition) is 0. The molecule has 1 aliphatic rings. The molecule has 0 N–H and O–H groups in total. The molecule has 1 aromatic rings. The van der Waals surface area contributed by atoms with Crippen LogP contribution in [-0.4, -0.2) is 21.9 Å². The van der Waals surface area contributed by atoms with Crippen molar-refractivity contribution < 1.29 is 4.79 Å². The van der Waals surface area contributed by atoms with Gasteiger partial charge in [-0.05, 0) is 30.9 Å². The number of carbonyl (C=O) groups is 1. The molecule has 1 unspecified atom stereocenters. The Morgan fingerprint density at radius 1 is 1.47 bits per heavy atom. The second-order valence-electron chi connectivity index (χ2n) is 4.69. The van der Waals surface area contributed by atoms with E-state index in [2.05, 4.69) is 42.5 Å². The molecule has 17 heavy (non-hydrogen) atoms. The number of fused-ring (bicyclic) bond motifs is 1. The van der Waals surface area contributed by atoms with Gasteiger partial charge in [0.25, 0.3) is 5.91 Å². The second kappa shape index (κ2) is 4.67. The summed E-state index contributed by atoms with van der Waals surface area (Å²) < 4.78 is 2.23. The van der Waals surface area contributed by atoms with Gasteiger partial charge in [0.05, 0.1) is 6.04 Å². The van der Waals surface area contributed by atoms with Gasteiger partial charge in [0.1, 0.15) is 0 Å². The molecule has 90 valence electrons. The molecule has 0 bridgehead atoms. The summed E-state index contributed by atoms with van der Waals surface area (Å²) in [6.45, 7) is 7.61. The summed E-state index contributed by atoms with van der Waals surface area (Å²) >= 11 is 0. The van der Waals surface area contributed by atoms with Gasteiger partial charge in [-0.15, -0.1) is 0 Å². The smallest absolute Gasteiger partial charge is 0.299 e. The van der Waals surface area contributed by atoms with E-state index in [1.807, 2.05) is 11.0 Å². The van der Waals surface area contributed by atoms with Crippen LogP contribution in [0, 0.1) is 17.8 Å². The number of rotatable bonds is 1. The number of hydrogen-bond acceptors (Lipinski definition) is 1. The molecule has 1 atom stereocenters. The lowest BCUT2D eigenvalue weighted by Crippen LogP contribution is -2.43. The number of carbonyl (C=O) groups excluding carboxylic acids is 1. The molecule has 0 saturated heterocycles. The summed E-state index contributed by atoms with van der Waals surface area (Å²) in [5.74, 6) is 5.68. The third-order valence-corrected chi connectivity index (χ3v) is 3.21. The molecule has 0 aliphatic carbocycles. The van der Waals surface area contributed by atoms with Crippen molar-refractivity contribution in [1.82, 2.24) is 9.47 Å². The van der Waals surface area contributed by atoms with E-state index in [4.69, 9.17) is 0 Å². The fraction of sp³-hybridized carbons (Fsp3) is 0.500. The molecular formula is C14H18N2O. The van der Waals surface area contributed by atoms with Gasteiger partial charge in [0.2, 0.25) is 0 Å². The third kappa shape index (κ3) is 2.08. The Kier molecular flexibility index (Phi) is 3.23. The van der Waals surface area contributed by atoms with Crippen molar-refractivity contribution in [3.05, 3.63) is 24.0 Å². The zero-order chi connectivity index (χ0) is 12.4. The monoisotopic (exact) mass is 230 g/mol. The van der Waals surface area contributed by atoms with E-state index in [9.17, 15) is 4.79 Å². The fourth-order valence-corrected chi connectivity index (χ4v) is 2.52. The molecular weight excluding hydrogens is 212 g/mol. The van der Waals surface area contributed by atoms with Crippen LogP contribution in [0.5, 0.6) is 0 Å². The quantitative estimate of drug-likeness (QED) is 0.678. The lowest BCUT2D eigenvalue weighted by molar-refractivity contribution is -0.129. The molecule has 1 aliphatic heterocycles. The summed E-state index contributed by atoms with van der Waals surface area (Å²) in [7, 11) is 0. The van der Waals surface area contributed by atoms with Gasteiger partial charge in [-0.2, -0.15) is 0 Å². The normalized spacial score (nSPS) is 18.6. The zero-order valence-electron chi connectivity index (χ0n) is 10.6. The Bertz CT molecular complexity index is 476. The lowest BCUT2D eigenvalue weighted by Gasteiger charge is -2.38. The maximum atomic E-state index is 12.0. The summed E-state index contributed by atoms with van der Waals surface area (Å²) in [5.41, 5.74) is 1.22. The third-order valence-electron chi connectivity index (χ3n) is 3.21. The van der Waals surface area contributed by atoms with Gasteiger partial charge in [-0.25, -0.2) is 0 Å². The van der Waals surface area contributed by atoms with Crippen LogP contribution in [0.1, 0.15) is 32.5 Å². The van der Waals surface area contributed by atoms with Crippen molar-refractivity contribution in [3.63, 3.8) is 0 Å². The maximum absolute atomic E-state index is 12.0. The Balaban J connectivity index is 2.36. The molecule has 0 radical (unpaired) electrons. The first-order chi connectivity index (χ1) is 8.15. The molecule has 0 aromatic carbocycles. The average Bonchev–Trinajstić information content (AvgIpc) is 2.75. The van der Waals surface area contributed by atoms with Crippen LogP contribution in [0.2, 0.25) is 0 Å². The highest BCUT2D eigenvalue weighted by Crippen LogP contribution is 2.32. The van der Waals surface area contributed by atoms with Crippen molar-refractivity contribution in [2.24, 2.45) is 5.92 Å². The fourth-order valence-electron chi connectivity index (χ4n) is 2.52. The van der Waals surface area contributed by atoms with E-state index in [1.165, 1.54) is 5.69 Å². The standard InChI is InChI=1S/C14H18N2O/c1-4-6-13(17)16-10-9-15-8-5-7-12(15)14(16)11(2)3/h5,7-8,11,14H,9-10H2,1-3H3. The molecule has 1 amide bonds. The SMILES string of the molecule is CC#CC(=O)N1CCn2cccc2C1C(C)C. The summed E-state index contributed by atoms with van der Waals surface area (Å²) in [5, 5.41) is 0. The number of amides is 1. The van der Waals surface area contributed by atoms with Crippen LogP contribution >= 0.6 is 0 Å². The first kappa shape index (κ1) is 11.8. The van der Waals surface area contributed by atoms with Crippen LogP contribution in [0.25, 0.3) is 0 Å². The molecule has 0 saturated carbocycles. The molecule has 2 heterocycles. The van der Waals surface area contributed by atoms with Gasteiger partial charge in [-0.3, -0.25) is 4.79 Å². The van der Waals surface area contributed by atoms with Gasteiger partial charge in [-0.1, -0.05) is 19.8 Å². The largest absolute Gasteiger partial charge is 0.348 e. The minimum absolute atomic E-state index is 0.0568. The highest BCUT2D eigenvalue weighted by atomic mass is 16.2. The van der Waals surface area contributed by atoms with Crippen molar-refractivity contribution in [2.75, 3.05) is 6.54 Å². The first-order valence-corrected chi connectivity index (χ1v) is 6.03. The predicted octanol–water partition coefficient (Wildman–Crippen LogP) is 2.05. The lowest BCUT2D eigenvalue weighted by atomic mass is 9.97. The predicted molar refractivity (Wildman–Crippen MR) is 67.2 cm³/mol. The van der Waals surface area contributed by atoms with Gasteiger partial charge < -0.3 is 9.47 Å². The topological polar surface area (TPSA) is 25.2 Å². The highest BCUT2D eigenvalue weighted by Gasteiger charge is 2.32. The minimum atomic E-state index is -0.0568. The van der Waals surface area contributed by atoms with Crippen molar-refractivity contribution in [1.29, 1.82) is 0 Å². The Hall–Kier alpha value is -1.69. The summed E-state index contributed by atoms with van der Waals surface area (Å²) in [6.07, 6.45) is 2.08. The summed E-state index contributed by atoms with van der Waals surface area (Å²) in [4.78, 5) is 13.9. The van der Waals surface area contributed by atoms with Gasteiger partial charge >= 0.3 is 0 Å². The second-order valence-corrected chi connectivity index (χ2v) is 4.69. The van der Waals surface area contributed by atoms with E-state index in [0.717, 1.165) is 13.1 Å². The van der Waals surface area contributed by atoms with Crippen LogP contribution in [0.4, 0.5) is 0 Å². The highest BCUT2D eigenvalue weighted by molar-refractivity contribution is 5.93. The minimum Gasteiger partial charge on any atom is -0.348 e. The van der Waals surface area contributed by atoms with E-state index in [-0.39, 0.29) is 11.9 Å². The van der Waals surface area contributed by atoms with Gasteiger partial charge in [0, 0.05) is 25.0 Å². The van der Waals surface area contributed by atoms with Crippen LogP contribution in [-0.2, 0) is 11.3 Å². The van der Waals surface area contributed by atoms with E-state index in [1.54, 1.807) is 6.92 Å². The van der Waals surface area contributed by atoms with E-state index in [0.29, 0.717) is 5.92 Å². The van der Waals surface area contributed by atoms with Crippen LogP contribution in [0.3, 0.4) is 0 Å². The van der Waals surface area contributed by atoms with Crippen molar-refractivity contribution in [3.8, 4) is 11.8 Å². The molecule has 0 spiro atoms. The Morgan fingerprint density at radius 3 is 2.88 bits per heavy atom. The van der Waals surface area contributed by atoms with Crippen LogP contribution < -0.4 is 0 Å². The van der Waals surface area contributed by atoms with Crippen molar-refractivity contribution in [2.45, 2.75) is 33.4 Å². The van der Waals surface area contributed by atoms with Crippen molar-refractivity contribution >= 4 is 5.91 Å².